The van der Waals surface area contributed by atoms with E-state index in [-0.39, 0.29) is 0 Å². The molecule has 0 saturated carbocycles. The molecule has 0 fully saturated rings. The monoisotopic (exact) mass is 260 g/mol. The van der Waals surface area contributed by atoms with Crippen molar-refractivity contribution in [2.24, 2.45) is 5.92 Å². The van der Waals surface area contributed by atoms with E-state index in [1.807, 2.05) is 6.07 Å². The summed E-state index contributed by atoms with van der Waals surface area (Å²) >= 11 is 0. The van der Waals surface area contributed by atoms with Crippen LogP contribution in [0.1, 0.15) is 26.0 Å². The molecular formula is C16H24N2O. The first-order valence-corrected chi connectivity index (χ1v) is 7.05. The van der Waals surface area contributed by atoms with Gasteiger partial charge in [0.05, 0.1) is 7.11 Å². The molecule has 3 nitrogen and oxygen atoms in total. The van der Waals surface area contributed by atoms with Crippen LogP contribution in [-0.2, 0) is 6.42 Å². The summed E-state index contributed by atoms with van der Waals surface area (Å²) in [7, 11) is 1.70. The van der Waals surface area contributed by atoms with Crippen LogP contribution in [-0.4, -0.2) is 25.2 Å². The van der Waals surface area contributed by atoms with Gasteiger partial charge in [0.2, 0.25) is 0 Å². The standard InChI is InChI=1S/C16H24N2O/c1-12(2)6-8-17-9-7-14-10-13-11-15(19-3)4-5-16(13)18-14/h4-5,10-12,17-18H,6-9H2,1-3H3. The van der Waals surface area contributed by atoms with E-state index in [9.17, 15) is 0 Å². The first-order valence-electron chi connectivity index (χ1n) is 7.05. The number of hydrogen-bond donors (Lipinski definition) is 2. The number of rotatable bonds is 7. The number of fused-ring (bicyclic) bond motifs is 1. The summed E-state index contributed by atoms with van der Waals surface area (Å²) in [6, 6.07) is 8.34. The Hall–Kier alpha value is -1.48. The zero-order valence-corrected chi connectivity index (χ0v) is 12.1. The van der Waals surface area contributed by atoms with Crippen molar-refractivity contribution >= 4 is 10.9 Å². The first kappa shape index (κ1) is 13.9. The zero-order valence-electron chi connectivity index (χ0n) is 12.1. The van der Waals surface area contributed by atoms with E-state index in [1.165, 1.54) is 23.0 Å². The number of hydrogen-bond acceptors (Lipinski definition) is 2. The van der Waals surface area contributed by atoms with Gasteiger partial charge >= 0.3 is 0 Å². The summed E-state index contributed by atoms with van der Waals surface area (Å²) in [4.78, 5) is 3.45. The highest BCUT2D eigenvalue weighted by molar-refractivity contribution is 5.81. The molecule has 0 bridgehead atoms. The third-order valence-electron chi connectivity index (χ3n) is 3.35. The van der Waals surface area contributed by atoms with Crippen LogP contribution in [0.4, 0.5) is 0 Å². The highest BCUT2D eigenvalue weighted by atomic mass is 16.5. The summed E-state index contributed by atoms with van der Waals surface area (Å²) in [5.74, 6) is 1.68. The summed E-state index contributed by atoms with van der Waals surface area (Å²) in [6.07, 6.45) is 2.28. The van der Waals surface area contributed by atoms with Crippen LogP contribution < -0.4 is 10.1 Å². The lowest BCUT2D eigenvalue weighted by molar-refractivity contribution is 0.415. The third-order valence-corrected chi connectivity index (χ3v) is 3.35. The fourth-order valence-corrected chi connectivity index (χ4v) is 2.17. The SMILES string of the molecule is COc1ccc2[nH]c(CCNCCC(C)C)cc2c1. The van der Waals surface area contributed by atoms with Crippen LogP contribution in [0, 0.1) is 5.92 Å². The number of aromatic nitrogens is 1. The third kappa shape index (κ3) is 4.00. The van der Waals surface area contributed by atoms with E-state index in [0.29, 0.717) is 0 Å². The largest absolute Gasteiger partial charge is 0.497 e. The Kier molecular flexibility index (Phi) is 4.86. The molecule has 0 saturated heterocycles. The molecule has 0 radical (unpaired) electrons. The van der Waals surface area contributed by atoms with Crippen LogP contribution >= 0.6 is 0 Å². The van der Waals surface area contributed by atoms with Gasteiger partial charge in [0.1, 0.15) is 5.75 Å². The fourth-order valence-electron chi connectivity index (χ4n) is 2.17. The van der Waals surface area contributed by atoms with Gasteiger partial charge in [0.15, 0.2) is 0 Å². The Morgan fingerprint density at radius 2 is 2.05 bits per heavy atom. The van der Waals surface area contributed by atoms with E-state index < -0.39 is 0 Å². The van der Waals surface area contributed by atoms with Crippen LogP contribution in [0.3, 0.4) is 0 Å². The van der Waals surface area contributed by atoms with Gasteiger partial charge in [-0.2, -0.15) is 0 Å². The molecule has 2 rings (SSSR count). The number of benzene rings is 1. The Labute approximate surface area is 115 Å². The molecule has 0 aliphatic heterocycles. The van der Waals surface area contributed by atoms with Crippen molar-refractivity contribution in [2.75, 3.05) is 20.2 Å². The minimum atomic E-state index is 0.771. The van der Waals surface area contributed by atoms with Gasteiger partial charge in [0, 0.05) is 23.1 Å². The molecule has 0 aliphatic carbocycles. The fraction of sp³-hybridized carbons (Fsp3) is 0.500. The van der Waals surface area contributed by atoms with Crippen LogP contribution in [0.15, 0.2) is 24.3 Å². The van der Waals surface area contributed by atoms with Crippen molar-refractivity contribution in [1.82, 2.24) is 10.3 Å². The Morgan fingerprint density at radius 1 is 1.21 bits per heavy atom. The molecule has 1 aromatic carbocycles. The maximum absolute atomic E-state index is 5.24. The zero-order chi connectivity index (χ0) is 13.7. The molecule has 0 amide bonds. The lowest BCUT2D eigenvalue weighted by Gasteiger charge is -2.05. The van der Waals surface area contributed by atoms with E-state index >= 15 is 0 Å². The number of nitrogens with one attached hydrogen (secondary N) is 2. The van der Waals surface area contributed by atoms with Crippen molar-refractivity contribution < 1.29 is 4.74 Å². The summed E-state index contributed by atoms with van der Waals surface area (Å²) < 4.78 is 5.24. The highest BCUT2D eigenvalue weighted by Crippen LogP contribution is 2.21. The molecule has 1 aromatic heterocycles. The summed E-state index contributed by atoms with van der Waals surface area (Å²) in [5.41, 5.74) is 2.46. The maximum atomic E-state index is 5.24. The number of ether oxygens (including phenoxy) is 1. The van der Waals surface area contributed by atoms with Gasteiger partial charge in [-0.05, 0) is 49.6 Å². The lowest BCUT2D eigenvalue weighted by Crippen LogP contribution is -2.19. The lowest BCUT2D eigenvalue weighted by atomic mass is 10.1. The summed E-state index contributed by atoms with van der Waals surface area (Å²) in [6.45, 7) is 6.64. The van der Waals surface area contributed by atoms with E-state index in [1.54, 1.807) is 7.11 Å². The number of methoxy groups -OCH3 is 1. The maximum Gasteiger partial charge on any atom is 0.119 e. The molecule has 3 heteroatoms. The molecular weight excluding hydrogens is 236 g/mol. The molecule has 2 aromatic rings. The predicted molar refractivity (Wildman–Crippen MR) is 80.9 cm³/mol. The normalized spacial score (nSPS) is 11.4. The Balaban J connectivity index is 1.87. The van der Waals surface area contributed by atoms with Crippen molar-refractivity contribution in [2.45, 2.75) is 26.7 Å². The van der Waals surface area contributed by atoms with Gasteiger partial charge in [-0.1, -0.05) is 13.8 Å². The van der Waals surface area contributed by atoms with E-state index in [2.05, 4.69) is 42.3 Å². The Morgan fingerprint density at radius 3 is 2.79 bits per heavy atom. The van der Waals surface area contributed by atoms with Crippen molar-refractivity contribution in [3.8, 4) is 5.75 Å². The second-order valence-corrected chi connectivity index (χ2v) is 5.43. The smallest absolute Gasteiger partial charge is 0.119 e. The molecule has 0 atom stereocenters. The Bertz CT molecular complexity index is 516. The van der Waals surface area contributed by atoms with Gasteiger partial charge in [-0.3, -0.25) is 0 Å². The molecule has 1 heterocycles. The topological polar surface area (TPSA) is 37.0 Å². The van der Waals surface area contributed by atoms with Crippen LogP contribution in [0.25, 0.3) is 10.9 Å². The molecule has 19 heavy (non-hydrogen) atoms. The highest BCUT2D eigenvalue weighted by Gasteiger charge is 2.02. The molecule has 2 N–H and O–H groups in total. The van der Waals surface area contributed by atoms with Crippen LogP contribution in [0.2, 0.25) is 0 Å². The molecule has 104 valence electrons. The second-order valence-electron chi connectivity index (χ2n) is 5.43. The van der Waals surface area contributed by atoms with Crippen molar-refractivity contribution in [3.63, 3.8) is 0 Å². The van der Waals surface area contributed by atoms with E-state index in [4.69, 9.17) is 4.74 Å². The molecule has 0 unspecified atom stereocenters. The minimum absolute atomic E-state index is 0.771. The predicted octanol–water partition coefficient (Wildman–Crippen LogP) is 3.35. The number of aromatic amines is 1. The average Bonchev–Trinajstić information content (AvgIpc) is 2.79. The van der Waals surface area contributed by atoms with Crippen molar-refractivity contribution in [3.05, 3.63) is 30.0 Å². The average molecular weight is 260 g/mol. The first-order chi connectivity index (χ1) is 9.19. The summed E-state index contributed by atoms with van der Waals surface area (Å²) in [5, 5.41) is 4.71. The minimum Gasteiger partial charge on any atom is -0.497 e. The second kappa shape index (κ2) is 6.62. The van der Waals surface area contributed by atoms with Gasteiger partial charge < -0.3 is 15.0 Å². The van der Waals surface area contributed by atoms with Crippen molar-refractivity contribution in [1.29, 1.82) is 0 Å². The van der Waals surface area contributed by atoms with Crippen LogP contribution in [0.5, 0.6) is 5.75 Å². The number of H-pyrrole nitrogens is 1. The molecule has 0 aliphatic rings. The van der Waals surface area contributed by atoms with Gasteiger partial charge in [0.25, 0.3) is 0 Å². The van der Waals surface area contributed by atoms with Gasteiger partial charge in [-0.15, -0.1) is 0 Å². The van der Waals surface area contributed by atoms with E-state index in [0.717, 1.165) is 31.2 Å². The quantitative estimate of drug-likeness (QED) is 0.749. The molecule has 0 spiro atoms. The van der Waals surface area contributed by atoms with Gasteiger partial charge in [-0.25, -0.2) is 0 Å².